The zero-order chi connectivity index (χ0) is 15.8. The fraction of sp³-hybridized carbons (Fsp3) is 0.462. The number of rotatable bonds is 9. The molecule has 116 valence electrons. The van der Waals surface area contributed by atoms with Gasteiger partial charge in [-0.2, -0.15) is 0 Å². The Morgan fingerprint density at radius 2 is 2.19 bits per heavy atom. The van der Waals surface area contributed by atoms with Crippen molar-refractivity contribution in [2.24, 2.45) is 0 Å². The van der Waals surface area contributed by atoms with Crippen LogP contribution in [0.1, 0.15) is 13.3 Å². The minimum absolute atomic E-state index is 0.0228. The lowest BCUT2D eigenvalue weighted by Gasteiger charge is -2.13. The maximum atomic E-state index is 10.9. The van der Waals surface area contributed by atoms with Gasteiger partial charge in [0.1, 0.15) is 5.75 Å². The Balaban J connectivity index is 2.73. The molecule has 1 rings (SSSR count). The van der Waals surface area contributed by atoms with E-state index < -0.39 is 17.0 Å². The monoisotopic (exact) mass is 299 g/mol. The highest BCUT2D eigenvalue weighted by Crippen LogP contribution is 2.31. The summed E-state index contributed by atoms with van der Waals surface area (Å²) in [5.41, 5.74) is -0.209. The van der Waals surface area contributed by atoms with E-state index in [0.29, 0.717) is 5.75 Å². The van der Waals surface area contributed by atoms with Crippen LogP contribution in [0.2, 0.25) is 0 Å². The summed E-state index contributed by atoms with van der Waals surface area (Å²) in [6, 6.07) is 4.10. The first-order valence-corrected chi connectivity index (χ1v) is 6.29. The summed E-state index contributed by atoms with van der Waals surface area (Å²) in [6.07, 6.45) is -0.919. The Bertz CT molecular complexity index is 503. The standard InChI is InChI=1S/C13H17NO7/c1-3-20-11(13(15)16)6-7-21-12-8-9(19-2)4-5-10(12)14(17)18/h4-5,8,11H,3,6-7H2,1-2H3,(H,15,16). The molecule has 0 aliphatic carbocycles. The van der Waals surface area contributed by atoms with E-state index in [0.717, 1.165) is 0 Å². The van der Waals surface area contributed by atoms with Gasteiger partial charge in [-0.3, -0.25) is 10.1 Å². The van der Waals surface area contributed by atoms with Crippen molar-refractivity contribution >= 4 is 11.7 Å². The Kier molecular flexibility index (Phi) is 6.41. The Morgan fingerprint density at radius 3 is 2.71 bits per heavy atom. The van der Waals surface area contributed by atoms with Crippen LogP contribution in [0.3, 0.4) is 0 Å². The van der Waals surface area contributed by atoms with Crippen LogP contribution < -0.4 is 9.47 Å². The molecule has 8 heteroatoms. The number of methoxy groups -OCH3 is 1. The van der Waals surface area contributed by atoms with Crippen LogP contribution in [0, 0.1) is 10.1 Å². The molecule has 0 saturated heterocycles. The molecular formula is C13H17NO7. The zero-order valence-corrected chi connectivity index (χ0v) is 11.8. The van der Waals surface area contributed by atoms with Gasteiger partial charge in [0.05, 0.1) is 18.6 Å². The molecule has 0 aromatic heterocycles. The maximum Gasteiger partial charge on any atom is 0.332 e. The lowest BCUT2D eigenvalue weighted by atomic mass is 10.2. The summed E-state index contributed by atoms with van der Waals surface area (Å²) in [5, 5.41) is 19.8. The van der Waals surface area contributed by atoms with E-state index in [9.17, 15) is 14.9 Å². The van der Waals surface area contributed by atoms with Crippen LogP contribution in [-0.2, 0) is 9.53 Å². The van der Waals surface area contributed by atoms with Gasteiger partial charge in [-0.25, -0.2) is 4.79 Å². The number of hydrogen-bond acceptors (Lipinski definition) is 6. The molecule has 0 fully saturated rings. The molecule has 0 saturated carbocycles. The van der Waals surface area contributed by atoms with E-state index in [1.807, 2.05) is 0 Å². The third-order valence-corrected chi connectivity index (χ3v) is 2.64. The molecule has 21 heavy (non-hydrogen) atoms. The number of nitrogens with zero attached hydrogens (tertiary/aromatic N) is 1. The van der Waals surface area contributed by atoms with Crippen LogP contribution >= 0.6 is 0 Å². The van der Waals surface area contributed by atoms with Crippen molar-refractivity contribution in [2.75, 3.05) is 20.3 Å². The summed E-state index contributed by atoms with van der Waals surface area (Å²) in [7, 11) is 1.43. The molecule has 1 aromatic rings. The molecule has 8 nitrogen and oxygen atoms in total. The number of hydrogen-bond donors (Lipinski definition) is 1. The highest BCUT2D eigenvalue weighted by molar-refractivity contribution is 5.72. The average molecular weight is 299 g/mol. The normalized spacial score (nSPS) is 11.7. The third kappa shape index (κ3) is 4.92. The van der Waals surface area contributed by atoms with E-state index in [4.69, 9.17) is 19.3 Å². The summed E-state index contributed by atoms with van der Waals surface area (Å²) in [4.78, 5) is 21.2. The number of ether oxygens (including phenoxy) is 3. The van der Waals surface area contributed by atoms with E-state index >= 15 is 0 Å². The van der Waals surface area contributed by atoms with Crippen molar-refractivity contribution in [2.45, 2.75) is 19.4 Å². The van der Waals surface area contributed by atoms with E-state index in [-0.39, 0.29) is 31.1 Å². The lowest BCUT2D eigenvalue weighted by molar-refractivity contribution is -0.385. The van der Waals surface area contributed by atoms with Crippen LogP contribution in [-0.4, -0.2) is 42.4 Å². The Hall–Kier alpha value is -2.35. The largest absolute Gasteiger partial charge is 0.497 e. The van der Waals surface area contributed by atoms with Gasteiger partial charge in [0.2, 0.25) is 5.75 Å². The van der Waals surface area contributed by atoms with Crippen molar-refractivity contribution in [3.8, 4) is 11.5 Å². The summed E-state index contributed by atoms with van der Waals surface area (Å²) < 4.78 is 15.3. The minimum atomic E-state index is -1.10. The fourth-order valence-electron chi connectivity index (χ4n) is 1.64. The first-order chi connectivity index (χ1) is 9.99. The molecule has 0 heterocycles. The van der Waals surface area contributed by atoms with Crippen molar-refractivity contribution in [1.29, 1.82) is 0 Å². The summed E-state index contributed by atoms with van der Waals surface area (Å²) in [5.74, 6) is -0.657. The first kappa shape index (κ1) is 16.7. The topological polar surface area (TPSA) is 108 Å². The molecule has 0 bridgehead atoms. The minimum Gasteiger partial charge on any atom is -0.497 e. The zero-order valence-electron chi connectivity index (χ0n) is 11.8. The van der Waals surface area contributed by atoms with Crippen molar-refractivity contribution in [1.82, 2.24) is 0 Å². The number of carbonyl (C=O) groups is 1. The highest BCUT2D eigenvalue weighted by Gasteiger charge is 2.20. The van der Waals surface area contributed by atoms with Crippen LogP contribution in [0.4, 0.5) is 5.69 Å². The third-order valence-electron chi connectivity index (χ3n) is 2.64. The van der Waals surface area contributed by atoms with Crippen molar-refractivity contribution < 1.29 is 29.0 Å². The average Bonchev–Trinajstić information content (AvgIpc) is 2.45. The second-order valence-electron chi connectivity index (χ2n) is 4.01. The molecule has 0 amide bonds. The van der Waals surface area contributed by atoms with Gasteiger partial charge in [0.15, 0.2) is 6.10 Å². The molecule has 0 aliphatic heterocycles. The number of carboxylic acid groups (broad SMARTS) is 1. The predicted molar refractivity (Wildman–Crippen MR) is 72.8 cm³/mol. The van der Waals surface area contributed by atoms with Crippen LogP contribution in [0.15, 0.2) is 18.2 Å². The molecule has 1 unspecified atom stereocenters. The number of nitro groups is 1. The molecule has 0 radical (unpaired) electrons. The molecule has 1 atom stereocenters. The number of aliphatic carboxylic acids is 1. The van der Waals surface area contributed by atoms with Crippen molar-refractivity contribution in [3.05, 3.63) is 28.3 Å². The highest BCUT2D eigenvalue weighted by atomic mass is 16.6. The van der Waals surface area contributed by atoms with E-state index in [1.165, 1.54) is 25.3 Å². The fourth-order valence-corrected chi connectivity index (χ4v) is 1.64. The predicted octanol–water partition coefficient (Wildman–Crippen LogP) is 1.86. The number of nitro benzene ring substituents is 1. The molecule has 1 aromatic carbocycles. The van der Waals surface area contributed by atoms with Gasteiger partial charge in [-0.05, 0) is 13.0 Å². The van der Waals surface area contributed by atoms with Gasteiger partial charge < -0.3 is 19.3 Å². The van der Waals surface area contributed by atoms with Crippen molar-refractivity contribution in [3.63, 3.8) is 0 Å². The Labute approximate surface area is 121 Å². The Morgan fingerprint density at radius 1 is 1.48 bits per heavy atom. The molecule has 1 N–H and O–H groups in total. The number of benzene rings is 1. The lowest BCUT2D eigenvalue weighted by Crippen LogP contribution is -2.26. The second kappa shape index (κ2) is 8.05. The van der Waals surface area contributed by atoms with E-state index in [2.05, 4.69) is 0 Å². The van der Waals surface area contributed by atoms with Gasteiger partial charge in [0.25, 0.3) is 0 Å². The second-order valence-corrected chi connectivity index (χ2v) is 4.01. The van der Waals surface area contributed by atoms with Gasteiger partial charge >= 0.3 is 11.7 Å². The molecular weight excluding hydrogens is 282 g/mol. The number of carboxylic acids is 1. The maximum absolute atomic E-state index is 10.9. The van der Waals surface area contributed by atoms with Gasteiger partial charge in [-0.15, -0.1) is 0 Å². The van der Waals surface area contributed by atoms with Crippen LogP contribution in [0.25, 0.3) is 0 Å². The SMILES string of the molecule is CCOC(CCOc1cc(OC)ccc1[N+](=O)[O-])C(=O)O. The van der Waals surface area contributed by atoms with Gasteiger partial charge in [0, 0.05) is 25.2 Å². The quantitative estimate of drug-likeness (QED) is 0.547. The van der Waals surface area contributed by atoms with Gasteiger partial charge in [-0.1, -0.05) is 0 Å². The smallest absolute Gasteiger partial charge is 0.332 e. The first-order valence-electron chi connectivity index (χ1n) is 6.29. The summed E-state index contributed by atoms with van der Waals surface area (Å²) >= 11 is 0. The molecule has 0 aliphatic rings. The van der Waals surface area contributed by atoms with Crippen LogP contribution in [0.5, 0.6) is 11.5 Å². The molecule has 0 spiro atoms. The van der Waals surface area contributed by atoms with E-state index in [1.54, 1.807) is 6.92 Å². The summed E-state index contributed by atoms with van der Waals surface area (Å²) in [6.45, 7) is 1.92.